The van der Waals surface area contributed by atoms with Crippen LogP contribution in [0, 0.1) is 18.7 Å². The molecule has 0 saturated heterocycles. The lowest BCUT2D eigenvalue weighted by molar-refractivity contribution is -0.0273. The Balaban J connectivity index is 1.50. The number of nitrogens with zero attached hydrogens (tertiary/aromatic N) is 3. The number of rotatable bonds is 5. The van der Waals surface area contributed by atoms with E-state index in [1.54, 1.807) is 6.92 Å². The van der Waals surface area contributed by atoms with Crippen LogP contribution in [0.3, 0.4) is 0 Å². The second-order valence-corrected chi connectivity index (χ2v) is 8.56. The van der Waals surface area contributed by atoms with Gasteiger partial charge in [-0.25, -0.2) is 18.0 Å². The third kappa shape index (κ3) is 5.13. The highest BCUT2D eigenvalue weighted by Crippen LogP contribution is 2.41. The summed E-state index contributed by atoms with van der Waals surface area (Å²) >= 11 is 0. The highest BCUT2D eigenvalue weighted by Gasteiger charge is 2.43. The standard InChI is InChI=1S/C22H25F5N4O2/c1-13-8-15(2-3-17(13)23)28-21(32)30-7-5-18-16(10-30)20-22(26,27)6-4-14(9-31(20)29-18)11-33-12-19(24)25/h2-3,8,14,19H,4-7,9-12H2,1H3,(H,28,32)/t14-/m1/s1. The van der Waals surface area contributed by atoms with E-state index in [-0.39, 0.29) is 37.7 Å². The van der Waals surface area contributed by atoms with Gasteiger partial charge >= 0.3 is 6.03 Å². The number of halogens is 5. The monoisotopic (exact) mass is 472 g/mol. The van der Waals surface area contributed by atoms with Crippen molar-refractivity contribution in [2.45, 2.75) is 51.6 Å². The van der Waals surface area contributed by atoms with Crippen molar-refractivity contribution < 1.29 is 31.5 Å². The molecule has 0 bridgehead atoms. The smallest absolute Gasteiger partial charge is 0.322 e. The van der Waals surface area contributed by atoms with Crippen molar-refractivity contribution in [2.24, 2.45) is 5.92 Å². The average molecular weight is 472 g/mol. The Morgan fingerprint density at radius 3 is 2.88 bits per heavy atom. The molecule has 0 fully saturated rings. The predicted molar refractivity (Wildman–Crippen MR) is 110 cm³/mol. The molecule has 2 amide bonds. The van der Waals surface area contributed by atoms with Crippen LogP contribution in [0.1, 0.15) is 35.4 Å². The van der Waals surface area contributed by atoms with Crippen LogP contribution in [-0.4, -0.2) is 46.9 Å². The molecule has 180 valence electrons. The van der Waals surface area contributed by atoms with Gasteiger partial charge in [-0.2, -0.15) is 13.9 Å². The molecule has 1 aromatic carbocycles. The molecule has 4 rings (SSSR count). The van der Waals surface area contributed by atoms with E-state index in [0.29, 0.717) is 35.5 Å². The fourth-order valence-electron chi connectivity index (χ4n) is 4.37. The maximum Gasteiger partial charge on any atom is 0.322 e. The number of ether oxygens (including phenoxy) is 1. The lowest BCUT2D eigenvalue weighted by Crippen LogP contribution is -2.39. The van der Waals surface area contributed by atoms with Gasteiger partial charge in [0.15, 0.2) is 0 Å². The van der Waals surface area contributed by atoms with Crippen molar-refractivity contribution in [3.8, 4) is 0 Å². The minimum Gasteiger partial charge on any atom is -0.375 e. The molecular formula is C22H25F5N4O2. The van der Waals surface area contributed by atoms with Gasteiger partial charge in [0.25, 0.3) is 12.3 Å². The van der Waals surface area contributed by atoms with Gasteiger partial charge in [-0.1, -0.05) is 0 Å². The number of aryl methyl sites for hydroxylation is 1. The number of hydrogen-bond donors (Lipinski definition) is 1. The number of carbonyl (C=O) groups is 1. The van der Waals surface area contributed by atoms with Gasteiger partial charge in [0.05, 0.1) is 18.8 Å². The quantitative estimate of drug-likeness (QED) is 0.642. The van der Waals surface area contributed by atoms with E-state index in [1.807, 2.05) is 0 Å². The molecule has 1 aromatic heterocycles. The van der Waals surface area contributed by atoms with E-state index in [9.17, 15) is 18.0 Å². The second kappa shape index (κ2) is 9.28. The third-order valence-electron chi connectivity index (χ3n) is 6.04. The Morgan fingerprint density at radius 2 is 2.15 bits per heavy atom. The molecule has 1 N–H and O–H groups in total. The summed E-state index contributed by atoms with van der Waals surface area (Å²) in [6, 6.07) is 3.71. The van der Waals surface area contributed by atoms with Crippen molar-refractivity contribution in [2.75, 3.05) is 25.1 Å². The largest absolute Gasteiger partial charge is 0.375 e. The molecule has 2 aromatic rings. The van der Waals surface area contributed by atoms with Gasteiger partial charge < -0.3 is 15.0 Å². The lowest BCUT2D eigenvalue weighted by Gasteiger charge is -2.28. The number of anilines is 1. The number of nitrogens with one attached hydrogen (secondary N) is 1. The first-order valence-corrected chi connectivity index (χ1v) is 10.8. The number of amides is 2. The number of hydrogen-bond acceptors (Lipinski definition) is 3. The van der Waals surface area contributed by atoms with Crippen molar-refractivity contribution in [1.29, 1.82) is 0 Å². The highest BCUT2D eigenvalue weighted by atomic mass is 19.3. The van der Waals surface area contributed by atoms with Crippen LogP contribution < -0.4 is 5.32 Å². The Bertz CT molecular complexity index is 1030. The molecule has 2 aliphatic rings. The number of aromatic nitrogens is 2. The number of fused-ring (bicyclic) bond motifs is 3. The molecule has 1 atom stereocenters. The lowest BCUT2D eigenvalue weighted by atomic mass is 9.98. The van der Waals surface area contributed by atoms with E-state index in [2.05, 4.69) is 10.4 Å². The summed E-state index contributed by atoms with van der Waals surface area (Å²) in [4.78, 5) is 14.2. The fraction of sp³-hybridized carbons (Fsp3) is 0.545. The number of carbonyl (C=O) groups excluding carboxylic acids is 1. The summed E-state index contributed by atoms with van der Waals surface area (Å²) in [7, 11) is 0. The van der Waals surface area contributed by atoms with E-state index in [4.69, 9.17) is 4.74 Å². The van der Waals surface area contributed by atoms with Gasteiger partial charge in [0.2, 0.25) is 0 Å². The van der Waals surface area contributed by atoms with Crippen molar-refractivity contribution in [3.63, 3.8) is 0 Å². The zero-order chi connectivity index (χ0) is 23.8. The number of benzene rings is 1. The molecular weight excluding hydrogens is 447 g/mol. The fourth-order valence-corrected chi connectivity index (χ4v) is 4.37. The Morgan fingerprint density at radius 1 is 1.36 bits per heavy atom. The van der Waals surface area contributed by atoms with Gasteiger partial charge in [-0.3, -0.25) is 4.68 Å². The summed E-state index contributed by atoms with van der Waals surface area (Å²) in [5, 5.41) is 7.06. The van der Waals surface area contributed by atoms with Gasteiger partial charge in [-0.05, 0) is 37.1 Å². The zero-order valence-corrected chi connectivity index (χ0v) is 18.1. The van der Waals surface area contributed by atoms with E-state index in [0.717, 1.165) is 0 Å². The van der Waals surface area contributed by atoms with Crippen molar-refractivity contribution in [3.05, 3.63) is 46.5 Å². The summed E-state index contributed by atoms with van der Waals surface area (Å²) in [5.41, 5.74) is 1.41. The zero-order valence-electron chi connectivity index (χ0n) is 18.1. The molecule has 33 heavy (non-hydrogen) atoms. The maximum absolute atomic E-state index is 15.1. The normalized spacial score (nSPS) is 19.7. The number of urea groups is 1. The van der Waals surface area contributed by atoms with Crippen LogP contribution in [0.2, 0.25) is 0 Å². The van der Waals surface area contributed by atoms with Crippen molar-refractivity contribution >= 4 is 11.7 Å². The van der Waals surface area contributed by atoms with Crippen LogP contribution >= 0.6 is 0 Å². The topological polar surface area (TPSA) is 59.4 Å². The van der Waals surface area contributed by atoms with E-state index >= 15 is 8.78 Å². The molecule has 0 spiro atoms. The van der Waals surface area contributed by atoms with E-state index in [1.165, 1.54) is 27.8 Å². The summed E-state index contributed by atoms with van der Waals surface area (Å²) in [6.07, 6.45) is -2.63. The first-order valence-electron chi connectivity index (χ1n) is 10.8. The SMILES string of the molecule is Cc1cc(NC(=O)N2CCc3nn4c(c3C2)C(F)(F)CC[C@@H](COCC(F)F)C4)ccc1F. The second-order valence-electron chi connectivity index (χ2n) is 8.56. The van der Waals surface area contributed by atoms with Gasteiger partial charge in [0, 0.05) is 43.1 Å². The Hall–Kier alpha value is -2.69. The molecule has 0 saturated carbocycles. The van der Waals surface area contributed by atoms with Crippen LogP contribution in [-0.2, 0) is 30.2 Å². The first-order chi connectivity index (χ1) is 15.6. The minimum absolute atomic E-state index is 0.0290. The average Bonchev–Trinajstić information content (AvgIpc) is 3.06. The van der Waals surface area contributed by atoms with Crippen molar-refractivity contribution in [1.82, 2.24) is 14.7 Å². The maximum atomic E-state index is 15.1. The van der Waals surface area contributed by atoms with Gasteiger partial charge in [-0.15, -0.1) is 0 Å². The molecule has 11 heteroatoms. The van der Waals surface area contributed by atoms with Crippen LogP contribution in [0.5, 0.6) is 0 Å². The first kappa shape index (κ1) is 23.5. The Labute approximate surface area is 187 Å². The summed E-state index contributed by atoms with van der Waals surface area (Å²) in [6.45, 7) is 1.21. The number of alkyl halides is 4. The molecule has 3 heterocycles. The van der Waals surface area contributed by atoms with Crippen LogP contribution in [0.4, 0.5) is 32.4 Å². The van der Waals surface area contributed by atoms with Gasteiger partial charge in [0.1, 0.15) is 18.1 Å². The summed E-state index contributed by atoms with van der Waals surface area (Å²) < 4.78 is 74.6. The highest BCUT2D eigenvalue weighted by molar-refractivity contribution is 5.89. The molecule has 0 aliphatic carbocycles. The predicted octanol–water partition coefficient (Wildman–Crippen LogP) is 4.70. The minimum atomic E-state index is -3.16. The molecule has 0 radical (unpaired) electrons. The Kier molecular flexibility index (Phi) is 6.60. The van der Waals surface area contributed by atoms with Crippen LogP contribution in [0.15, 0.2) is 18.2 Å². The summed E-state index contributed by atoms with van der Waals surface area (Å²) in [5.74, 6) is -3.91. The molecule has 6 nitrogen and oxygen atoms in total. The molecule has 0 unspecified atom stereocenters. The van der Waals surface area contributed by atoms with Crippen LogP contribution in [0.25, 0.3) is 0 Å². The molecule has 2 aliphatic heterocycles. The third-order valence-corrected chi connectivity index (χ3v) is 6.04. The van der Waals surface area contributed by atoms with E-state index < -0.39 is 37.2 Å².